The Morgan fingerprint density at radius 2 is 1.69 bits per heavy atom. The zero-order valence-electron chi connectivity index (χ0n) is 19.8. The number of benzene rings is 3. The predicted molar refractivity (Wildman–Crippen MR) is 135 cm³/mol. The summed E-state index contributed by atoms with van der Waals surface area (Å²) in [6, 6.07) is 26.7. The minimum Gasteiger partial charge on any atom is -0.497 e. The molecule has 1 unspecified atom stereocenters. The molecule has 8 nitrogen and oxygen atoms in total. The maximum Gasteiger partial charge on any atom is 0.184 e. The summed E-state index contributed by atoms with van der Waals surface area (Å²) >= 11 is 1.50. The fourth-order valence-electron chi connectivity index (χ4n) is 4.36. The van der Waals surface area contributed by atoms with Crippen LogP contribution in [0, 0.1) is 0 Å². The number of hydrogen-bond acceptors (Lipinski definition) is 7. The first-order valence-electron chi connectivity index (χ1n) is 11.7. The van der Waals surface area contributed by atoms with Crippen LogP contribution in [0.3, 0.4) is 0 Å². The van der Waals surface area contributed by atoms with E-state index in [1.807, 2.05) is 84.9 Å². The zero-order valence-corrected chi connectivity index (χ0v) is 20.6. The van der Waals surface area contributed by atoms with Crippen molar-refractivity contribution in [1.82, 2.24) is 0 Å². The van der Waals surface area contributed by atoms with Crippen LogP contribution in [-0.2, 0) is 25.6 Å². The fraction of sp³-hybridized carbons (Fsp3) is 0.333. The molecule has 0 saturated carbocycles. The molecule has 6 atom stereocenters. The molecular formula is C27H27N3O5S. The molecule has 2 aliphatic rings. The first kappa shape index (κ1) is 24.6. The van der Waals surface area contributed by atoms with Gasteiger partial charge in [0, 0.05) is 15.4 Å². The molecule has 0 aliphatic carbocycles. The highest BCUT2D eigenvalue weighted by Crippen LogP contribution is 2.41. The molecule has 0 N–H and O–H groups in total. The summed E-state index contributed by atoms with van der Waals surface area (Å²) in [4.78, 5) is 4.15. The van der Waals surface area contributed by atoms with Crippen LogP contribution in [0.4, 0.5) is 0 Å². The SMILES string of the molecule is COc1ccc(CO[C@@H]2[C@@H](N=[N+]=[N-])[C@H](Sc3ccccc3)O[C@@H]3COC(c4ccccc4)O[C@@H]23)cc1. The summed E-state index contributed by atoms with van der Waals surface area (Å²) in [6.45, 7) is 0.653. The van der Waals surface area contributed by atoms with Crippen LogP contribution in [0.25, 0.3) is 10.4 Å². The van der Waals surface area contributed by atoms with Crippen LogP contribution >= 0.6 is 11.8 Å². The van der Waals surface area contributed by atoms with E-state index in [0.29, 0.717) is 13.2 Å². The van der Waals surface area contributed by atoms with Crippen molar-refractivity contribution < 1.29 is 23.7 Å². The lowest BCUT2D eigenvalue weighted by molar-refractivity contribution is -0.311. The molecule has 2 aliphatic heterocycles. The maximum atomic E-state index is 9.45. The molecule has 3 aromatic rings. The van der Waals surface area contributed by atoms with Gasteiger partial charge in [0.2, 0.25) is 0 Å². The molecule has 0 radical (unpaired) electrons. The van der Waals surface area contributed by atoms with Gasteiger partial charge in [-0.3, -0.25) is 0 Å². The van der Waals surface area contributed by atoms with Gasteiger partial charge >= 0.3 is 0 Å². The Kier molecular flexibility index (Phi) is 8.08. The zero-order chi connectivity index (χ0) is 24.7. The Bertz CT molecular complexity index is 1160. The second-order valence-electron chi connectivity index (χ2n) is 8.47. The van der Waals surface area contributed by atoms with Crippen molar-refractivity contribution in [3.8, 4) is 5.75 Å². The lowest BCUT2D eigenvalue weighted by Crippen LogP contribution is -2.61. The smallest absolute Gasteiger partial charge is 0.184 e. The minimum absolute atomic E-state index is 0.318. The summed E-state index contributed by atoms with van der Waals surface area (Å²) in [5.74, 6) is 0.773. The van der Waals surface area contributed by atoms with Gasteiger partial charge in [0.15, 0.2) is 6.29 Å². The highest BCUT2D eigenvalue weighted by atomic mass is 32.2. The van der Waals surface area contributed by atoms with E-state index < -0.39 is 30.0 Å². The van der Waals surface area contributed by atoms with Gasteiger partial charge in [0.1, 0.15) is 29.4 Å². The number of azide groups is 1. The number of ether oxygens (including phenoxy) is 5. The lowest BCUT2D eigenvalue weighted by Gasteiger charge is -2.48. The van der Waals surface area contributed by atoms with Crippen molar-refractivity contribution in [3.05, 3.63) is 106 Å². The predicted octanol–water partition coefficient (Wildman–Crippen LogP) is 5.89. The normalized spacial score (nSPS) is 27.5. The maximum absolute atomic E-state index is 9.45. The molecular weight excluding hydrogens is 478 g/mol. The van der Waals surface area contributed by atoms with Crippen molar-refractivity contribution in [3.63, 3.8) is 0 Å². The minimum atomic E-state index is -0.616. The Morgan fingerprint density at radius 3 is 2.39 bits per heavy atom. The molecule has 3 aromatic carbocycles. The quantitative estimate of drug-likeness (QED) is 0.215. The van der Waals surface area contributed by atoms with Crippen molar-refractivity contribution >= 4 is 11.8 Å². The van der Waals surface area contributed by atoms with E-state index in [1.54, 1.807) is 7.11 Å². The Morgan fingerprint density at radius 1 is 0.972 bits per heavy atom. The molecule has 186 valence electrons. The second kappa shape index (κ2) is 11.8. The molecule has 2 fully saturated rings. The highest BCUT2D eigenvalue weighted by molar-refractivity contribution is 7.99. The van der Waals surface area contributed by atoms with Gasteiger partial charge in [-0.15, -0.1) is 0 Å². The van der Waals surface area contributed by atoms with E-state index in [0.717, 1.165) is 21.8 Å². The number of hydrogen-bond donors (Lipinski definition) is 0. The van der Waals surface area contributed by atoms with Crippen molar-refractivity contribution in [2.75, 3.05) is 13.7 Å². The average molecular weight is 506 g/mol. The molecule has 36 heavy (non-hydrogen) atoms. The van der Waals surface area contributed by atoms with Crippen molar-refractivity contribution in [1.29, 1.82) is 0 Å². The molecule has 5 rings (SSSR count). The van der Waals surface area contributed by atoms with Gasteiger partial charge in [-0.25, -0.2) is 0 Å². The highest BCUT2D eigenvalue weighted by Gasteiger charge is 2.50. The molecule has 0 aromatic heterocycles. The van der Waals surface area contributed by atoms with Crippen LogP contribution in [-0.4, -0.2) is 43.5 Å². The Hall–Kier alpha value is -3.04. The third kappa shape index (κ3) is 5.68. The monoisotopic (exact) mass is 505 g/mol. The van der Waals surface area contributed by atoms with Gasteiger partial charge in [-0.1, -0.05) is 77.5 Å². The van der Waals surface area contributed by atoms with E-state index in [9.17, 15) is 5.53 Å². The summed E-state index contributed by atoms with van der Waals surface area (Å²) in [6.07, 6.45) is -1.96. The van der Waals surface area contributed by atoms with Gasteiger partial charge in [0.05, 0.1) is 26.4 Å². The van der Waals surface area contributed by atoms with Crippen LogP contribution in [0.15, 0.2) is 94.9 Å². The van der Waals surface area contributed by atoms with Gasteiger partial charge in [0.25, 0.3) is 0 Å². The average Bonchev–Trinajstić information content (AvgIpc) is 2.94. The first-order chi connectivity index (χ1) is 17.7. The number of fused-ring (bicyclic) bond motifs is 1. The summed E-state index contributed by atoms with van der Waals surface area (Å²) in [5, 5.41) is 4.14. The van der Waals surface area contributed by atoms with E-state index in [2.05, 4.69) is 10.0 Å². The van der Waals surface area contributed by atoms with Gasteiger partial charge in [-0.05, 0) is 35.4 Å². The van der Waals surface area contributed by atoms with Crippen LogP contribution < -0.4 is 4.74 Å². The van der Waals surface area contributed by atoms with Crippen LogP contribution in [0.1, 0.15) is 17.4 Å². The Balaban J connectivity index is 1.41. The van der Waals surface area contributed by atoms with Crippen LogP contribution in [0.5, 0.6) is 5.75 Å². The summed E-state index contributed by atoms with van der Waals surface area (Å²) in [5.41, 5.74) is 10.9. The standard InChI is InChI=1S/C27H27N3O5S/c1-31-20-14-12-18(13-15-20)16-32-25-23(29-30-28)27(36-21-10-6-3-7-11-21)34-22-17-33-26(35-24(22)25)19-8-4-2-5-9-19/h2-15,22-27H,16-17H2,1H3/t22-,23-,24-,25-,26?,27+/m1/s1. The fourth-order valence-corrected chi connectivity index (χ4v) is 5.49. The summed E-state index contributed by atoms with van der Waals surface area (Å²) < 4.78 is 30.6. The molecule has 0 amide bonds. The van der Waals surface area contributed by atoms with Crippen molar-refractivity contribution in [2.45, 2.75) is 47.6 Å². The van der Waals surface area contributed by atoms with E-state index in [1.165, 1.54) is 11.8 Å². The third-order valence-corrected chi connectivity index (χ3v) is 7.33. The van der Waals surface area contributed by atoms with Crippen molar-refractivity contribution in [2.24, 2.45) is 5.11 Å². The van der Waals surface area contributed by atoms with Crippen LogP contribution in [0.2, 0.25) is 0 Å². The number of thioether (sulfide) groups is 1. The van der Waals surface area contributed by atoms with Gasteiger partial charge < -0.3 is 23.7 Å². The van der Waals surface area contributed by atoms with E-state index in [4.69, 9.17) is 23.7 Å². The summed E-state index contributed by atoms with van der Waals surface area (Å²) in [7, 11) is 1.63. The number of methoxy groups -OCH3 is 1. The molecule has 9 heteroatoms. The number of rotatable bonds is 8. The molecule has 2 heterocycles. The largest absolute Gasteiger partial charge is 0.497 e. The molecule has 0 bridgehead atoms. The van der Waals surface area contributed by atoms with E-state index in [-0.39, 0.29) is 6.10 Å². The number of nitrogens with zero attached hydrogens (tertiary/aromatic N) is 3. The molecule has 0 spiro atoms. The lowest BCUT2D eigenvalue weighted by atomic mass is 9.97. The first-order valence-corrected chi connectivity index (χ1v) is 12.6. The molecule has 2 saturated heterocycles. The topological polar surface area (TPSA) is 94.9 Å². The Labute approximate surface area is 214 Å². The van der Waals surface area contributed by atoms with Gasteiger partial charge in [-0.2, -0.15) is 0 Å². The third-order valence-electron chi connectivity index (χ3n) is 6.16. The van der Waals surface area contributed by atoms with E-state index >= 15 is 0 Å². The second-order valence-corrected chi connectivity index (χ2v) is 9.64.